The van der Waals surface area contributed by atoms with Gasteiger partial charge in [-0.1, -0.05) is 230 Å². The number of phosphoric acid groups is 1. The van der Waals surface area contributed by atoms with Crippen molar-refractivity contribution in [1.29, 1.82) is 0 Å². The van der Waals surface area contributed by atoms with Crippen molar-refractivity contribution in [3.63, 3.8) is 0 Å². The molecule has 0 spiro atoms. The van der Waals surface area contributed by atoms with E-state index < -0.39 is 32.7 Å². The molecule has 0 fully saturated rings. The first-order valence-electron chi connectivity index (χ1n) is 27.4. The normalized spacial score (nSPS) is 14.8. The summed E-state index contributed by atoms with van der Waals surface area (Å²) in [6.07, 6.45) is 55.1. The summed E-state index contributed by atoms with van der Waals surface area (Å²) in [4.78, 5) is 23.3. The number of hydrogen-bond acceptors (Lipinski definition) is 6. The van der Waals surface area contributed by atoms with Gasteiger partial charge < -0.3 is 24.9 Å². The van der Waals surface area contributed by atoms with Gasteiger partial charge in [0.05, 0.1) is 39.9 Å². The Labute approximate surface area is 402 Å². The molecule has 0 saturated carbocycles. The van der Waals surface area contributed by atoms with Gasteiger partial charge in [-0.05, 0) is 51.4 Å². The van der Waals surface area contributed by atoms with E-state index in [4.69, 9.17) is 9.05 Å². The van der Waals surface area contributed by atoms with E-state index in [1.54, 1.807) is 0 Å². The molecule has 384 valence electrons. The zero-order chi connectivity index (χ0) is 48.0. The summed E-state index contributed by atoms with van der Waals surface area (Å²) in [6, 6.07) is -1.03. The van der Waals surface area contributed by atoms with E-state index in [0.29, 0.717) is 23.9 Å². The number of carbonyl (C=O) groups excluding carboxylic acids is 1. The van der Waals surface area contributed by atoms with E-state index in [-0.39, 0.29) is 12.5 Å². The van der Waals surface area contributed by atoms with E-state index in [0.717, 1.165) is 51.4 Å². The van der Waals surface area contributed by atoms with Crippen LogP contribution in [0, 0.1) is 0 Å². The Morgan fingerprint density at radius 2 is 0.908 bits per heavy atom. The van der Waals surface area contributed by atoms with E-state index in [1.165, 1.54) is 173 Å². The molecule has 0 aliphatic rings. The van der Waals surface area contributed by atoms with Crippen molar-refractivity contribution in [3.05, 3.63) is 36.5 Å². The third-order valence-corrected chi connectivity index (χ3v) is 13.5. The lowest BCUT2D eigenvalue weighted by Crippen LogP contribution is -2.51. The number of aliphatic hydroxyl groups excluding tert-OH is 2. The van der Waals surface area contributed by atoms with Crippen molar-refractivity contribution in [2.75, 3.05) is 40.9 Å². The van der Waals surface area contributed by atoms with Gasteiger partial charge in [-0.2, -0.15) is 0 Å². The lowest BCUT2D eigenvalue weighted by atomic mass is 9.99. The maximum atomic E-state index is 13.0. The summed E-state index contributed by atoms with van der Waals surface area (Å²) in [6.45, 7) is 4.61. The number of nitrogens with zero attached hydrogens (tertiary/aromatic N) is 1. The number of phosphoric ester groups is 1. The van der Waals surface area contributed by atoms with Crippen LogP contribution in [0.25, 0.3) is 0 Å². The zero-order valence-electron chi connectivity index (χ0n) is 43.3. The minimum atomic E-state index is -4.42. The van der Waals surface area contributed by atoms with Gasteiger partial charge in [0.25, 0.3) is 0 Å². The second-order valence-corrected chi connectivity index (χ2v) is 21.6. The molecule has 0 aliphatic heterocycles. The molecule has 4 N–H and O–H groups in total. The molecule has 0 rings (SSSR count). The van der Waals surface area contributed by atoms with Gasteiger partial charge in [0.2, 0.25) is 5.91 Å². The lowest BCUT2D eigenvalue weighted by Gasteiger charge is -2.28. The molecule has 0 aromatic heterocycles. The maximum absolute atomic E-state index is 13.0. The van der Waals surface area contributed by atoms with Crippen LogP contribution in [0.2, 0.25) is 0 Å². The number of nitrogens with one attached hydrogen (secondary N) is 1. The Morgan fingerprint density at radius 1 is 0.538 bits per heavy atom. The van der Waals surface area contributed by atoms with E-state index in [1.807, 2.05) is 21.1 Å². The van der Waals surface area contributed by atoms with Gasteiger partial charge in [0, 0.05) is 6.42 Å². The number of carbonyl (C=O) groups is 1. The number of likely N-dealkylation sites (N-methyl/N-ethyl adjacent to an activating group) is 1. The van der Waals surface area contributed by atoms with Crippen molar-refractivity contribution < 1.29 is 38.0 Å². The van der Waals surface area contributed by atoms with Crippen LogP contribution in [0.15, 0.2) is 36.5 Å². The molecule has 0 radical (unpaired) electrons. The molecule has 1 amide bonds. The number of allylic oxidation sites excluding steroid dienone is 6. The summed E-state index contributed by atoms with van der Waals surface area (Å²) < 4.78 is 23.6. The molecule has 4 unspecified atom stereocenters. The van der Waals surface area contributed by atoms with Crippen molar-refractivity contribution in [2.24, 2.45) is 0 Å². The summed E-state index contributed by atoms with van der Waals surface area (Å²) in [5, 5.41) is 24.8. The smallest absolute Gasteiger partial charge is 0.390 e. The largest absolute Gasteiger partial charge is 0.472 e. The highest BCUT2D eigenvalue weighted by atomic mass is 31.2. The molecule has 10 heteroatoms. The summed E-state index contributed by atoms with van der Waals surface area (Å²) in [5.74, 6) is -0.258. The number of hydrogen-bond donors (Lipinski definition) is 4. The molecular formula is C55H108N2O7P+. The SMILES string of the molecule is CCCCCCC/C=C\C/C=C\C/C=C\CCCCCCCCCCCCCCCCC(=O)NC(COP(=O)(O)OCC[N+](C)(C)C)C(O)C(O)CCCCCCCCCCCCCC. The Kier molecular flexibility index (Phi) is 45.5. The molecule has 0 aromatic rings. The maximum Gasteiger partial charge on any atom is 0.472 e. The van der Waals surface area contributed by atoms with Crippen LogP contribution >= 0.6 is 7.82 Å². The topological polar surface area (TPSA) is 125 Å². The van der Waals surface area contributed by atoms with Gasteiger partial charge in [-0.25, -0.2) is 4.57 Å². The van der Waals surface area contributed by atoms with E-state index >= 15 is 0 Å². The predicted molar refractivity (Wildman–Crippen MR) is 278 cm³/mol. The Balaban J connectivity index is 4.18. The summed E-state index contributed by atoms with van der Waals surface area (Å²) in [7, 11) is 1.44. The third-order valence-electron chi connectivity index (χ3n) is 12.5. The standard InChI is InChI=1S/C55H107N2O7P/c1-6-8-10-12-14-16-18-20-21-22-23-24-25-26-27-28-29-30-31-32-33-34-35-36-38-40-42-44-46-48-54(59)56-52(51-64-65(61,62)63-50-49-57(3,4)5)55(60)53(58)47-45-43-41-39-37-19-17-15-13-11-9-7-2/h18,20,22-23,25-26,52-53,55,58,60H,6-17,19,21,24,27-51H2,1-5H3,(H-,56,59,61,62)/p+1/b20-18-,23-22-,26-25-. The molecule has 65 heavy (non-hydrogen) atoms. The molecule has 0 bridgehead atoms. The molecule has 0 saturated heterocycles. The number of aliphatic hydroxyl groups is 2. The average Bonchev–Trinajstić information content (AvgIpc) is 3.26. The van der Waals surface area contributed by atoms with Crippen LogP contribution in [0.5, 0.6) is 0 Å². The van der Waals surface area contributed by atoms with Gasteiger partial charge in [0.1, 0.15) is 19.3 Å². The Bertz CT molecular complexity index is 1170. The summed E-state index contributed by atoms with van der Waals surface area (Å²) >= 11 is 0. The van der Waals surface area contributed by atoms with Crippen molar-refractivity contribution in [3.8, 4) is 0 Å². The zero-order valence-corrected chi connectivity index (χ0v) is 44.2. The number of rotatable bonds is 50. The quantitative estimate of drug-likeness (QED) is 0.0207. The average molecular weight is 940 g/mol. The minimum Gasteiger partial charge on any atom is -0.390 e. The van der Waals surface area contributed by atoms with Gasteiger partial charge in [-0.3, -0.25) is 13.8 Å². The highest BCUT2D eigenvalue weighted by molar-refractivity contribution is 7.47. The molecule has 0 aliphatic carbocycles. The van der Waals surface area contributed by atoms with Crippen LogP contribution in [-0.4, -0.2) is 84.6 Å². The first-order valence-corrected chi connectivity index (χ1v) is 28.9. The Hall–Kier alpha value is -1.32. The minimum absolute atomic E-state index is 0.0221. The molecule has 0 aromatic carbocycles. The first kappa shape index (κ1) is 63.7. The molecule has 9 nitrogen and oxygen atoms in total. The summed E-state index contributed by atoms with van der Waals surface area (Å²) in [5.41, 5.74) is 0. The molecular weight excluding hydrogens is 832 g/mol. The monoisotopic (exact) mass is 940 g/mol. The van der Waals surface area contributed by atoms with Crippen molar-refractivity contribution in [2.45, 2.75) is 270 Å². The van der Waals surface area contributed by atoms with Crippen LogP contribution < -0.4 is 5.32 Å². The van der Waals surface area contributed by atoms with Crippen LogP contribution in [0.1, 0.15) is 251 Å². The highest BCUT2D eigenvalue weighted by Gasteiger charge is 2.32. The van der Waals surface area contributed by atoms with Crippen LogP contribution in [-0.2, 0) is 18.4 Å². The van der Waals surface area contributed by atoms with Gasteiger partial charge in [-0.15, -0.1) is 0 Å². The second-order valence-electron chi connectivity index (χ2n) is 20.1. The van der Waals surface area contributed by atoms with E-state index in [9.17, 15) is 24.5 Å². The number of quaternary nitrogens is 1. The number of amides is 1. The fraction of sp³-hybridized carbons (Fsp3) is 0.873. The van der Waals surface area contributed by atoms with Crippen LogP contribution in [0.4, 0.5) is 0 Å². The van der Waals surface area contributed by atoms with E-state index in [2.05, 4.69) is 55.6 Å². The third kappa shape index (κ3) is 47.5. The molecule has 0 heterocycles. The lowest BCUT2D eigenvalue weighted by molar-refractivity contribution is -0.870. The van der Waals surface area contributed by atoms with Crippen molar-refractivity contribution in [1.82, 2.24) is 5.32 Å². The molecule has 4 atom stereocenters. The Morgan fingerprint density at radius 3 is 1.32 bits per heavy atom. The first-order chi connectivity index (χ1) is 31.4. The van der Waals surface area contributed by atoms with Crippen LogP contribution in [0.3, 0.4) is 0 Å². The van der Waals surface area contributed by atoms with Gasteiger partial charge >= 0.3 is 7.82 Å². The second kappa shape index (κ2) is 46.4. The number of unbranched alkanes of at least 4 members (excludes halogenated alkanes) is 30. The predicted octanol–water partition coefficient (Wildman–Crippen LogP) is 15.2. The van der Waals surface area contributed by atoms with Crippen molar-refractivity contribution >= 4 is 13.7 Å². The van der Waals surface area contributed by atoms with Gasteiger partial charge in [0.15, 0.2) is 0 Å². The highest BCUT2D eigenvalue weighted by Crippen LogP contribution is 2.43. The fourth-order valence-corrected chi connectivity index (χ4v) is 8.83. The fourth-order valence-electron chi connectivity index (χ4n) is 8.09.